The Morgan fingerprint density at radius 2 is 1.88 bits per heavy atom. The molecule has 5 nitrogen and oxygen atoms in total. The van der Waals surface area contributed by atoms with E-state index in [0.717, 1.165) is 0 Å². The Hall–Kier alpha value is -2.23. The summed E-state index contributed by atoms with van der Waals surface area (Å²) in [5, 5.41) is 0. The van der Waals surface area contributed by atoms with E-state index < -0.39 is 53.4 Å². The quantitative estimate of drug-likeness (QED) is 0.832. The molecule has 0 spiro atoms. The van der Waals surface area contributed by atoms with Crippen LogP contribution in [-0.4, -0.2) is 41.8 Å². The highest BCUT2D eigenvalue weighted by molar-refractivity contribution is 5.97. The highest BCUT2D eigenvalue weighted by atomic mass is 19.4. The third kappa shape index (κ3) is 3.89. The molecule has 0 bridgehead atoms. The number of nitrogens with two attached hydrogens (primary N) is 1. The molecule has 0 unspecified atom stereocenters. The van der Waals surface area contributed by atoms with Gasteiger partial charge in [-0.05, 0) is 24.1 Å². The van der Waals surface area contributed by atoms with Crippen LogP contribution in [0.15, 0.2) is 18.2 Å². The van der Waals surface area contributed by atoms with Gasteiger partial charge in [-0.3, -0.25) is 4.79 Å². The second kappa shape index (κ2) is 6.95. The summed E-state index contributed by atoms with van der Waals surface area (Å²) in [5.74, 6) is -6.48. The van der Waals surface area contributed by atoms with Gasteiger partial charge in [0.25, 0.3) is 0 Å². The average molecular weight is 366 g/mol. The molecule has 0 aliphatic carbocycles. The highest BCUT2D eigenvalue weighted by Crippen LogP contribution is 2.38. The van der Waals surface area contributed by atoms with E-state index in [9.17, 15) is 31.5 Å². The number of rotatable bonds is 4. The Balaban J connectivity index is 2.41. The van der Waals surface area contributed by atoms with E-state index in [1.165, 1.54) is 0 Å². The number of ether oxygens (including phenoxy) is 1. The molecule has 0 radical (unpaired) electrons. The SMILES string of the molecule is CC[C@H]1COC(=O)N1C(=O)[C@@H](N)[C@@H](c1cc(F)cc(F)c1)C(F)(F)F. The largest absolute Gasteiger partial charge is 0.447 e. The fraction of sp³-hybridized carbons (Fsp3) is 0.467. The minimum atomic E-state index is -5.07. The summed E-state index contributed by atoms with van der Waals surface area (Å²) in [7, 11) is 0. The number of imide groups is 1. The van der Waals surface area contributed by atoms with E-state index in [4.69, 9.17) is 5.73 Å². The van der Waals surface area contributed by atoms with E-state index in [-0.39, 0.29) is 13.0 Å². The molecule has 3 atom stereocenters. The highest BCUT2D eigenvalue weighted by Gasteiger charge is 2.50. The topological polar surface area (TPSA) is 72.6 Å². The van der Waals surface area contributed by atoms with Crippen molar-refractivity contribution < 1.29 is 36.3 Å². The predicted octanol–water partition coefficient (Wildman–Crippen LogP) is 2.70. The van der Waals surface area contributed by atoms with Crippen molar-refractivity contribution in [2.75, 3.05) is 6.61 Å². The lowest BCUT2D eigenvalue weighted by Crippen LogP contribution is -2.53. The van der Waals surface area contributed by atoms with Crippen LogP contribution in [-0.2, 0) is 9.53 Å². The van der Waals surface area contributed by atoms with Gasteiger partial charge >= 0.3 is 12.3 Å². The summed E-state index contributed by atoms with van der Waals surface area (Å²) < 4.78 is 71.6. The van der Waals surface area contributed by atoms with Gasteiger partial charge in [-0.2, -0.15) is 13.2 Å². The van der Waals surface area contributed by atoms with E-state index in [2.05, 4.69) is 4.74 Å². The van der Waals surface area contributed by atoms with Crippen LogP contribution in [0.4, 0.5) is 26.7 Å². The van der Waals surface area contributed by atoms with Gasteiger partial charge in [0.15, 0.2) is 0 Å². The van der Waals surface area contributed by atoms with Gasteiger partial charge in [0.05, 0.1) is 6.04 Å². The van der Waals surface area contributed by atoms with Crippen LogP contribution in [0.3, 0.4) is 0 Å². The summed E-state index contributed by atoms with van der Waals surface area (Å²) in [6.07, 6.45) is -5.91. The van der Waals surface area contributed by atoms with Gasteiger partial charge < -0.3 is 10.5 Å². The molecule has 10 heteroatoms. The third-order valence-electron chi connectivity index (χ3n) is 3.91. The van der Waals surface area contributed by atoms with E-state index >= 15 is 0 Å². The molecule has 0 saturated carbocycles. The van der Waals surface area contributed by atoms with Gasteiger partial charge in [-0.1, -0.05) is 6.92 Å². The molecule has 1 aromatic carbocycles. The Morgan fingerprint density at radius 1 is 1.32 bits per heavy atom. The molecule has 1 heterocycles. The summed E-state index contributed by atoms with van der Waals surface area (Å²) in [6.45, 7) is 1.46. The first-order valence-corrected chi connectivity index (χ1v) is 7.34. The van der Waals surface area contributed by atoms with E-state index in [1.807, 2.05) is 0 Å². The average Bonchev–Trinajstić information content (AvgIpc) is 2.84. The second-order valence-corrected chi connectivity index (χ2v) is 5.60. The summed E-state index contributed by atoms with van der Waals surface area (Å²) >= 11 is 0. The van der Waals surface area contributed by atoms with E-state index in [0.29, 0.717) is 23.1 Å². The Bertz CT molecular complexity index is 659. The van der Waals surface area contributed by atoms with Crippen molar-refractivity contribution in [3.8, 4) is 0 Å². The third-order valence-corrected chi connectivity index (χ3v) is 3.91. The van der Waals surface area contributed by atoms with Crippen LogP contribution in [0.1, 0.15) is 24.8 Å². The summed E-state index contributed by atoms with van der Waals surface area (Å²) in [5.41, 5.74) is 4.63. The van der Waals surface area contributed by atoms with Crippen LogP contribution < -0.4 is 5.73 Å². The first kappa shape index (κ1) is 19.1. The number of nitrogens with zero attached hydrogens (tertiary/aromatic N) is 1. The van der Waals surface area contributed by atoms with Crippen molar-refractivity contribution in [3.05, 3.63) is 35.4 Å². The molecule has 138 valence electrons. The number of amides is 2. The van der Waals surface area contributed by atoms with Gasteiger partial charge in [-0.15, -0.1) is 0 Å². The second-order valence-electron chi connectivity index (χ2n) is 5.60. The smallest absolute Gasteiger partial charge is 0.417 e. The summed E-state index contributed by atoms with van der Waals surface area (Å²) in [4.78, 5) is 24.5. The molecular formula is C15H15F5N2O3. The number of alkyl halides is 3. The molecule has 1 aromatic rings. The van der Waals surface area contributed by atoms with Gasteiger partial charge in [0.1, 0.15) is 30.2 Å². The zero-order chi connectivity index (χ0) is 18.9. The van der Waals surface area contributed by atoms with Crippen molar-refractivity contribution in [3.63, 3.8) is 0 Å². The molecule has 0 aromatic heterocycles. The van der Waals surface area contributed by atoms with Gasteiger partial charge in [0, 0.05) is 6.07 Å². The lowest BCUT2D eigenvalue weighted by Gasteiger charge is -2.29. The number of halogens is 5. The minimum Gasteiger partial charge on any atom is -0.447 e. The normalized spacial score (nSPS) is 20.4. The van der Waals surface area contributed by atoms with E-state index in [1.54, 1.807) is 6.92 Å². The number of cyclic esters (lactones) is 1. The van der Waals surface area contributed by atoms with Gasteiger partial charge in [-0.25, -0.2) is 18.5 Å². The molecule has 1 saturated heterocycles. The molecule has 2 amide bonds. The predicted molar refractivity (Wildman–Crippen MR) is 75.4 cm³/mol. The lowest BCUT2D eigenvalue weighted by atomic mass is 9.90. The minimum absolute atomic E-state index is 0.154. The summed E-state index contributed by atoms with van der Waals surface area (Å²) in [6, 6.07) is -1.71. The maximum atomic E-state index is 13.4. The van der Waals surface area contributed by atoms with Crippen molar-refractivity contribution in [1.82, 2.24) is 4.90 Å². The van der Waals surface area contributed by atoms with Crippen LogP contribution in [0, 0.1) is 11.6 Å². The Labute approximate surface area is 139 Å². The molecule has 1 fully saturated rings. The number of benzene rings is 1. The van der Waals surface area contributed by atoms with Crippen molar-refractivity contribution in [2.24, 2.45) is 5.73 Å². The van der Waals surface area contributed by atoms with Crippen LogP contribution >= 0.6 is 0 Å². The standard InChI is InChI=1S/C15H15F5N2O3/c1-2-10-6-25-14(24)22(10)13(23)12(21)11(15(18,19)20)7-3-8(16)5-9(17)4-7/h3-5,10-12H,2,6,21H2,1H3/t10-,11+,12-/m0/s1. The number of carbonyl (C=O) groups excluding carboxylic acids is 2. The molecule has 2 N–H and O–H groups in total. The molecule has 1 aliphatic heterocycles. The first-order chi connectivity index (χ1) is 11.6. The zero-order valence-electron chi connectivity index (χ0n) is 13.0. The molecule has 1 aliphatic rings. The van der Waals surface area contributed by atoms with Crippen molar-refractivity contribution >= 4 is 12.0 Å². The maximum absolute atomic E-state index is 13.4. The Morgan fingerprint density at radius 3 is 2.36 bits per heavy atom. The number of carbonyl (C=O) groups is 2. The zero-order valence-corrected chi connectivity index (χ0v) is 13.0. The monoisotopic (exact) mass is 366 g/mol. The van der Waals surface area contributed by atoms with Crippen molar-refractivity contribution in [2.45, 2.75) is 37.5 Å². The molecule has 2 rings (SSSR count). The fourth-order valence-electron chi connectivity index (χ4n) is 2.69. The number of hydrogen-bond acceptors (Lipinski definition) is 4. The molecule has 25 heavy (non-hydrogen) atoms. The van der Waals surface area contributed by atoms with Crippen LogP contribution in [0.5, 0.6) is 0 Å². The molecular weight excluding hydrogens is 351 g/mol. The maximum Gasteiger partial charge on any atom is 0.417 e. The Kier molecular flexibility index (Phi) is 5.31. The van der Waals surface area contributed by atoms with Crippen molar-refractivity contribution in [1.29, 1.82) is 0 Å². The van der Waals surface area contributed by atoms with Crippen LogP contribution in [0.25, 0.3) is 0 Å². The lowest BCUT2D eigenvalue weighted by molar-refractivity contribution is -0.163. The fourth-order valence-corrected chi connectivity index (χ4v) is 2.69. The first-order valence-electron chi connectivity index (χ1n) is 7.34. The van der Waals surface area contributed by atoms with Crippen LogP contribution in [0.2, 0.25) is 0 Å². The number of hydrogen-bond donors (Lipinski definition) is 1. The van der Waals surface area contributed by atoms with Gasteiger partial charge in [0.2, 0.25) is 5.91 Å².